The number of halogens is 6. The first kappa shape index (κ1) is 21.7. The molecule has 3 rings (SSSR count). The highest BCUT2D eigenvalue weighted by Crippen LogP contribution is 2.36. The predicted octanol–water partition coefficient (Wildman–Crippen LogP) is 4.82. The van der Waals surface area contributed by atoms with Crippen molar-refractivity contribution in [3.8, 4) is 0 Å². The lowest BCUT2D eigenvalue weighted by Crippen LogP contribution is -2.34. The lowest BCUT2D eigenvalue weighted by atomic mass is 10.0. The van der Waals surface area contributed by atoms with Gasteiger partial charge in [-0.25, -0.2) is 0 Å². The normalized spacial score (nSPS) is 13.4. The van der Waals surface area contributed by atoms with Crippen LogP contribution in [0, 0.1) is 0 Å². The molecule has 0 radical (unpaired) electrons. The monoisotopic (exact) mass is 430 g/mol. The zero-order chi connectivity index (χ0) is 22.1. The van der Waals surface area contributed by atoms with Gasteiger partial charge < -0.3 is 15.5 Å². The Hall–Kier alpha value is -3.01. The van der Waals surface area contributed by atoms with Crippen LogP contribution in [-0.2, 0) is 34.9 Å². The van der Waals surface area contributed by atoms with Gasteiger partial charge in [-0.15, -0.1) is 0 Å². The van der Waals surface area contributed by atoms with Gasteiger partial charge in [0.15, 0.2) is 0 Å². The van der Waals surface area contributed by atoms with E-state index in [9.17, 15) is 31.1 Å². The molecule has 0 unspecified atom stereocenters. The molecule has 1 atom stereocenters. The van der Waals surface area contributed by atoms with Crippen LogP contribution in [0.15, 0.2) is 48.7 Å². The Labute approximate surface area is 166 Å². The van der Waals surface area contributed by atoms with Crippen molar-refractivity contribution < 1.29 is 35.9 Å². The van der Waals surface area contributed by atoms with Gasteiger partial charge in [-0.3, -0.25) is 4.79 Å². The van der Waals surface area contributed by atoms with E-state index >= 15 is 0 Å². The minimum absolute atomic E-state index is 0.00801. The predicted molar refractivity (Wildman–Crippen MR) is 96.2 cm³/mol. The fraction of sp³-hybridized carbons (Fsp3) is 0.250. The highest BCUT2D eigenvalue weighted by molar-refractivity contribution is 5.84. The van der Waals surface area contributed by atoms with E-state index in [0.29, 0.717) is 12.1 Å². The summed E-state index contributed by atoms with van der Waals surface area (Å²) in [5.41, 5.74) is 3.97. The molecule has 0 fully saturated rings. The van der Waals surface area contributed by atoms with Gasteiger partial charge in [0.1, 0.15) is 12.6 Å². The van der Waals surface area contributed by atoms with Crippen LogP contribution in [0.2, 0.25) is 0 Å². The number of ether oxygens (including phenoxy) is 1. The van der Waals surface area contributed by atoms with Crippen molar-refractivity contribution in [3.05, 3.63) is 70.9 Å². The average molecular weight is 430 g/mol. The number of para-hydroxylation sites is 1. The number of H-pyrrole nitrogens is 1. The van der Waals surface area contributed by atoms with E-state index in [0.717, 1.165) is 16.5 Å². The van der Waals surface area contributed by atoms with Gasteiger partial charge in [-0.1, -0.05) is 18.2 Å². The highest BCUT2D eigenvalue weighted by atomic mass is 19.4. The van der Waals surface area contributed by atoms with Gasteiger partial charge >= 0.3 is 18.3 Å². The minimum atomic E-state index is -4.98. The minimum Gasteiger partial charge on any atom is -0.460 e. The summed E-state index contributed by atoms with van der Waals surface area (Å²) >= 11 is 0. The first-order valence-electron chi connectivity index (χ1n) is 8.70. The van der Waals surface area contributed by atoms with Crippen LogP contribution in [0.5, 0.6) is 0 Å². The number of nitrogens with two attached hydrogens (primary N) is 1. The number of rotatable bonds is 5. The largest absolute Gasteiger partial charge is 0.460 e. The summed E-state index contributed by atoms with van der Waals surface area (Å²) in [7, 11) is 0. The Morgan fingerprint density at radius 3 is 2.20 bits per heavy atom. The number of esters is 1. The van der Waals surface area contributed by atoms with Crippen molar-refractivity contribution in [3.63, 3.8) is 0 Å². The zero-order valence-corrected chi connectivity index (χ0v) is 15.3. The maximum atomic E-state index is 12.9. The molecule has 0 amide bonds. The molecule has 0 saturated carbocycles. The van der Waals surface area contributed by atoms with E-state index in [1.807, 2.05) is 18.2 Å². The maximum Gasteiger partial charge on any atom is 0.416 e. The van der Waals surface area contributed by atoms with E-state index in [2.05, 4.69) is 4.98 Å². The number of carbonyl (C=O) groups excluding carboxylic acids is 1. The van der Waals surface area contributed by atoms with Crippen molar-refractivity contribution in [1.29, 1.82) is 0 Å². The van der Waals surface area contributed by atoms with Crippen LogP contribution in [0.3, 0.4) is 0 Å². The molecule has 0 aliphatic carbocycles. The number of fused-ring (bicyclic) bond motifs is 1. The number of hydrogen-bond acceptors (Lipinski definition) is 3. The van der Waals surface area contributed by atoms with Crippen LogP contribution in [0.4, 0.5) is 26.3 Å². The number of hydrogen-bond donors (Lipinski definition) is 2. The molecule has 30 heavy (non-hydrogen) atoms. The molecule has 0 aliphatic rings. The van der Waals surface area contributed by atoms with Crippen LogP contribution < -0.4 is 5.73 Å². The number of carbonyl (C=O) groups is 1. The van der Waals surface area contributed by atoms with Crippen LogP contribution >= 0.6 is 0 Å². The second kappa shape index (κ2) is 8.02. The summed E-state index contributed by atoms with van der Waals surface area (Å²) in [6.07, 6.45) is -8.21. The van der Waals surface area contributed by atoms with Crippen molar-refractivity contribution in [2.24, 2.45) is 5.73 Å². The summed E-state index contributed by atoms with van der Waals surface area (Å²) in [6.45, 7) is -0.770. The van der Waals surface area contributed by atoms with Crippen LogP contribution in [0.25, 0.3) is 10.9 Å². The molecule has 3 aromatic rings. The molecular weight excluding hydrogens is 414 g/mol. The molecule has 0 bridgehead atoms. The maximum absolute atomic E-state index is 12.9. The van der Waals surface area contributed by atoms with Crippen molar-refractivity contribution in [2.75, 3.05) is 0 Å². The summed E-state index contributed by atoms with van der Waals surface area (Å²) in [6, 6.07) is 7.15. The molecule has 160 valence electrons. The van der Waals surface area contributed by atoms with E-state index < -0.39 is 47.7 Å². The third-order valence-electron chi connectivity index (χ3n) is 4.45. The number of aromatic nitrogens is 1. The molecule has 10 heteroatoms. The fourth-order valence-corrected chi connectivity index (χ4v) is 2.98. The summed E-state index contributed by atoms with van der Waals surface area (Å²) in [5.74, 6) is -0.939. The van der Waals surface area contributed by atoms with Gasteiger partial charge in [-0.05, 0) is 35.4 Å². The Morgan fingerprint density at radius 2 is 1.60 bits per heavy atom. The lowest BCUT2D eigenvalue weighted by molar-refractivity contribution is -0.146. The number of alkyl halides is 6. The summed E-state index contributed by atoms with van der Waals surface area (Å²) in [5, 5.41) is 0.841. The van der Waals surface area contributed by atoms with Crippen LogP contribution in [-0.4, -0.2) is 17.0 Å². The first-order valence-corrected chi connectivity index (χ1v) is 8.70. The van der Waals surface area contributed by atoms with E-state index in [1.165, 1.54) is 0 Å². The molecule has 0 saturated heterocycles. The van der Waals surface area contributed by atoms with Crippen molar-refractivity contribution in [2.45, 2.75) is 31.4 Å². The average Bonchev–Trinajstić information content (AvgIpc) is 3.07. The molecule has 1 aromatic heterocycles. The molecule has 3 N–H and O–H groups in total. The Kier molecular flexibility index (Phi) is 5.80. The summed E-state index contributed by atoms with van der Waals surface area (Å²) < 4.78 is 82.3. The topological polar surface area (TPSA) is 68.1 Å². The van der Waals surface area contributed by atoms with E-state index in [-0.39, 0.29) is 12.5 Å². The van der Waals surface area contributed by atoms with Gasteiger partial charge in [0.25, 0.3) is 0 Å². The Balaban J connectivity index is 1.71. The Bertz CT molecular complexity index is 1020. The first-order chi connectivity index (χ1) is 13.9. The third kappa shape index (κ3) is 4.93. The van der Waals surface area contributed by atoms with E-state index in [4.69, 9.17) is 10.5 Å². The highest BCUT2D eigenvalue weighted by Gasteiger charge is 2.37. The number of benzene rings is 2. The number of nitrogens with one attached hydrogen (secondary N) is 1. The lowest BCUT2D eigenvalue weighted by Gasteiger charge is -2.15. The van der Waals surface area contributed by atoms with Gasteiger partial charge in [0, 0.05) is 23.5 Å². The number of aromatic amines is 1. The smallest absolute Gasteiger partial charge is 0.416 e. The van der Waals surface area contributed by atoms with Gasteiger partial charge in [-0.2, -0.15) is 26.3 Å². The molecule has 1 heterocycles. The van der Waals surface area contributed by atoms with Gasteiger partial charge in [0.05, 0.1) is 11.1 Å². The molecular formula is C20H16F6N2O2. The second-order valence-corrected chi connectivity index (χ2v) is 6.69. The second-order valence-electron chi connectivity index (χ2n) is 6.69. The summed E-state index contributed by atoms with van der Waals surface area (Å²) in [4.78, 5) is 15.2. The third-order valence-corrected chi connectivity index (χ3v) is 4.45. The molecule has 2 aromatic carbocycles. The zero-order valence-electron chi connectivity index (χ0n) is 15.3. The van der Waals surface area contributed by atoms with Crippen molar-refractivity contribution >= 4 is 16.9 Å². The molecule has 4 nitrogen and oxygen atoms in total. The van der Waals surface area contributed by atoms with E-state index in [1.54, 1.807) is 12.3 Å². The fourth-order valence-electron chi connectivity index (χ4n) is 2.98. The SMILES string of the molecule is N[C@@H](Cc1c[nH]c2ccccc12)C(=O)OCc1cc(C(F)(F)F)cc(C(F)(F)F)c1. The molecule has 0 aliphatic heterocycles. The van der Waals surface area contributed by atoms with Gasteiger partial charge in [0.2, 0.25) is 0 Å². The molecule has 0 spiro atoms. The Morgan fingerprint density at radius 1 is 1.00 bits per heavy atom. The quantitative estimate of drug-likeness (QED) is 0.451. The standard InChI is InChI=1S/C20H16F6N2O2/c21-19(22,23)13-5-11(6-14(8-13)20(24,25)26)10-30-18(29)16(27)7-12-9-28-17-4-2-1-3-15(12)17/h1-6,8-9,16,28H,7,10,27H2/t16-/m0/s1. The van der Waals surface area contributed by atoms with Crippen molar-refractivity contribution in [1.82, 2.24) is 4.98 Å². The van der Waals surface area contributed by atoms with Crippen LogP contribution in [0.1, 0.15) is 22.3 Å².